The highest BCUT2D eigenvalue weighted by atomic mass is 16.3. The van der Waals surface area contributed by atoms with E-state index < -0.39 is 0 Å². The van der Waals surface area contributed by atoms with Crippen LogP contribution in [0.1, 0.15) is 19.0 Å². The summed E-state index contributed by atoms with van der Waals surface area (Å²) in [5.41, 5.74) is 0.515. The number of hydrogen-bond donors (Lipinski definition) is 2. The molecule has 0 bridgehead atoms. The Labute approximate surface area is 126 Å². The number of aryl methyl sites for hydroxylation is 1. The van der Waals surface area contributed by atoms with Crippen LogP contribution in [-0.4, -0.2) is 64.9 Å². The minimum atomic E-state index is -0.353. The Morgan fingerprint density at radius 2 is 2.00 bits per heavy atom. The van der Waals surface area contributed by atoms with Gasteiger partial charge in [0.1, 0.15) is 0 Å². The third-order valence-corrected chi connectivity index (χ3v) is 3.45. The Hall–Kier alpha value is -1.37. The molecule has 0 atom stereocenters. The number of likely N-dealkylation sites (N-methyl/N-ethyl adjacent to an activating group) is 1. The molecule has 6 heteroatoms. The van der Waals surface area contributed by atoms with Crippen molar-refractivity contribution in [2.75, 3.05) is 40.3 Å². The van der Waals surface area contributed by atoms with Gasteiger partial charge in [-0.25, -0.2) is 0 Å². The second-order valence-corrected chi connectivity index (χ2v) is 5.46. The Kier molecular flexibility index (Phi) is 7.42. The lowest BCUT2D eigenvalue weighted by molar-refractivity contribution is 0.193. The monoisotopic (exact) mass is 297 g/mol. The topological polar surface area (TPSA) is 68.9 Å². The van der Waals surface area contributed by atoms with Gasteiger partial charge < -0.3 is 19.7 Å². The van der Waals surface area contributed by atoms with Crippen molar-refractivity contribution in [3.8, 4) is 5.75 Å². The van der Waals surface area contributed by atoms with E-state index in [1.807, 2.05) is 25.6 Å². The first-order valence-electron chi connectivity index (χ1n) is 7.38. The van der Waals surface area contributed by atoms with Crippen LogP contribution in [0.3, 0.4) is 0 Å². The average molecular weight is 297 g/mol. The van der Waals surface area contributed by atoms with E-state index in [9.17, 15) is 9.90 Å². The molecule has 0 fully saturated rings. The van der Waals surface area contributed by atoms with Gasteiger partial charge in [-0.1, -0.05) is 6.92 Å². The fourth-order valence-corrected chi connectivity index (χ4v) is 2.22. The quantitative estimate of drug-likeness (QED) is 0.687. The maximum atomic E-state index is 11.7. The number of hydrogen-bond acceptors (Lipinski definition) is 5. The summed E-state index contributed by atoms with van der Waals surface area (Å²) in [4.78, 5) is 15.8. The number of nitrogens with zero attached hydrogens (tertiary/aromatic N) is 3. The Balaban J connectivity index is 2.88. The molecule has 1 aromatic rings. The van der Waals surface area contributed by atoms with E-state index in [0.717, 1.165) is 31.7 Å². The van der Waals surface area contributed by atoms with Crippen LogP contribution in [0.5, 0.6) is 5.75 Å². The Morgan fingerprint density at radius 1 is 1.29 bits per heavy atom. The van der Waals surface area contributed by atoms with Crippen molar-refractivity contribution in [3.63, 3.8) is 0 Å². The molecule has 1 heterocycles. The fraction of sp³-hybridized carbons (Fsp3) is 0.667. The first kappa shape index (κ1) is 17.7. The number of rotatable bonds is 9. The first-order chi connectivity index (χ1) is 9.97. The number of aliphatic hydroxyl groups excluding tert-OH is 1. The van der Waals surface area contributed by atoms with E-state index >= 15 is 0 Å². The SMILES string of the molecule is CCN(CCO)Cc1cc(=O)c(O)cn1CCCN(C)C. The molecule has 0 unspecified atom stereocenters. The molecule has 2 N–H and O–H groups in total. The van der Waals surface area contributed by atoms with Gasteiger partial charge in [0.05, 0.1) is 12.8 Å². The van der Waals surface area contributed by atoms with Gasteiger partial charge in [-0.15, -0.1) is 0 Å². The first-order valence-corrected chi connectivity index (χ1v) is 7.38. The highest BCUT2D eigenvalue weighted by Crippen LogP contribution is 2.09. The van der Waals surface area contributed by atoms with Crippen LogP contribution in [0.15, 0.2) is 17.1 Å². The van der Waals surface area contributed by atoms with Crippen LogP contribution < -0.4 is 5.43 Å². The fourth-order valence-electron chi connectivity index (χ4n) is 2.22. The number of aliphatic hydroxyl groups is 1. The maximum Gasteiger partial charge on any atom is 0.223 e. The van der Waals surface area contributed by atoms with Crippen LogP contribution in [0.25, 0.3) is 0 Å². The summed E-state index contributed by atoms with van der Waals surface area (Å²) in [6.45, 7) is 5.77. The van der Waals surface area contributed by atoms with Crippen molar-refractivity contribution in [2.45, 2.75) is 26.4 Å². The molecule has 21 heavy (non-hydrogen) atoms. The lowest BCUT2D eigenvalue weighted by atomic mass is 10.2. The molecule has 120 valence electrons. The van der Waals surface area contributed by atoms with Crippen molar-refractivity contribution in [1.82, 2.24) is 14.4 Å². The van der Waals surface area contributed by atoms with E-state index in [1.165, 1.54) is 12.3 Å². The standard InChI is InChI=1S/C15H27N3O3/c1-4-17(8-9-19)11-13-10-14(20)15(21)12-18(13)7-5-6-16(2)3/h10,12,19,21H,4-9,11H2,1-3H3. The molecule has 1 aromatic heterocycles. The van der Waals surface area contributed by atoms with Crippen LogP contribution >= 0.6 is 0 Å². The van der Waals surface area contributed by atoms with E-state index in [2.05, 4.69) is 9.80 Å². The zero-order valence-electron chi connectivity index (χ0n) is 13.2. The molecule has 6 nitrogen and oxygen atoms in total. The highest BCUT2D eigenvalue weighted by Gasteiger charge is 2.10. The summed E-state index contributed by atoms with van der Waals surface area (Å²) in [7, 11) is 4.04. The lowest BCUT2D eigenvalue weighted by Gasteiger charge is -2.22. The largest absolute Gasteiger partial charge is 0.503 e. The molecular formula is C15H27N3O3. The molecule has 0 spiro atoms. The number of aromatic hydroxyl groups is 1. The van der Waals surface area contributed by atoms with Crippen molar-refractivity contribution in [1.29, 1.82) is 0 Å². The minimum Gasteiger partial charge on any atom is -0.503 e. The third kappa shape index (κ3) is 5.87. The van der Waals surface area contributed by atoms with Gasteiger partial charge >= 0.3 is 0 Å². The van der Waals surface area contributed by atoms with E-state index in [0.29, 0.717) is 13.1 Å². The molecule has 1 rings (SSSR count). The predicted octanol–water partition coefficient (Wildman–Crippen LogP) is 0.320. The highest BCUT2D eigenvalue weighted by molar-refractivity contribution is 5.20. The molecular weight excluding hydrogens is 270 g/mol. The van der Waals surface area contributed by atoms with Gasteiger partial charge in [0.25, 0.3) is 0 Å². The summed E-state index contributed by atoms with van der Waals surface area (Å²) in [6, 6.07) is 1.49. The third-order valence-electron chi connectivity index (χ3n) is 3.45. The molecule has 0 saturated carbocycles. The van der Waals surface area contributed by atoms with Gasteiger partial charge in [-0.3, -0.25) is 9.69 Å². The molecule has 0 amide bonds. The van der Waals surface area contributed by atoms with E-state index in [4.69, 9.17) is 5.11 Å². The van der Waals surface area contributed by atoms with Gasteiger partial charge in [-0.2, -0.15) is 0 Å². The average Bonchev–Trinajstić information content (AvgIpc) is 2.42. The van der Waals surface area contributed by atoms with Crippen molar-refractivity contribution in [2.24, 2.45) is 0 Å². The summed E-state index contributed by atoms with van der Waals surface area (Å²) in [5.74, 6) is -0.214. The van der Waals surface area contributed by atoms with Crippen LogP contribution in [0, 0.1) is 0 Å². The van der Waals surface area contributed by atoms with E-state index in [-0.39, 0.29) is 17.8 Å². The second kappa shape index (κ2) is 8.81. The summed E-state index contributed by atoms with van der Waals surface area (Å²) >= 11 is 0. The molecule has 0 radical (unpaired) electrons. The maximum absolute atomic E-state index is 11.7. The summed E-state index contributed by atoms with van der Waals surface area (Å²) < 4.78 is 1.93. The molecule has 0 aliphatic heterocycles. The van der Waals surface area contributed by atoms with Crippen LogP contribution in [0.4, 0.5) is 0 Å². The van der Waals surface area contributed by atoms with Crippen molar-refractivity contribution >= 4 is 0 Å². The Bertz CT molecular complexity index is 486. The van der Waals surface area contributed by atoms with Crippen molar-refractivity contribution < 1.29 is 10.2 Å². The predicted molar refractivity (Wildman–Crippen MR) is 83.6 cm³/mol. The normalized spacial score (nSPS) is 11.5. The number of pyridine rings is 1. The lowest BCUT2D eigenvalue weighted by Crippen LogP contribution is -2.29. The number of aromatic nitrogens is 1. The van der Waals surface area contributed by atoms with Crippen LogP contribution in [0.2, 0.25) is 0 Å². The zero-order valence-corrected chi connectivity index (χ0v) is 13.2. The van der Waals surface area contributed by atoms with Crippen molar-refractivity contribution in [3.05, 3.63) is 28.2 Å². The summed E-state index contributed by atoms with van der Waals surface area (Å²) in [6.07, 6.45) is 2.45. The van der Waals surface area contributed by atoms with Crippen LogP contribution in [-0.2, 0) is 13.1 Å². The second-order valence-electron chi connectivity index (χ2n) is 5.46. The minimum absolute atomic E-state index is 0.0940. The van der Waals surface area contributed by atoms with Gasteiger partial charge in [-0.05, 0) is 33.6 Å². The van der Waals surface area contributed by atoms with Gasteiger partial charge in [0.2, 0.25) is 5.43 Å². The Morgan fingerprint density at radius 3 is 2.57 bits per heavy atom. The van der Waals surface area contributed by atoms with Gasteiger partial charge in [0.15, 0.2) is 5.75 Å². The molecule has 0 aliphatic carbocycles. The molecule has 0 aromatic carbocycles. The smallest absolute Gasteiger partial charge is 0.223 e. The molecule has 0 saturated heterocycles. The zero-order chi connectivity index (χ0) is 15.8. The molecule has 0 aliphatic rings. The van der Waals surface area contributed by atoms with E-state index in [1.54, 1.807) is 0 Å². The summed E-state index contributed by atoms with van der Waals surface area (Å²) in [5, 5.41) is 18.7. The van der Waals surface area contributed by atoms with Gasteiger partial charge in [0, 0.05) is 31.4 Å².